The zero-order valence-electron chi connectivity index (χ0n) is 8.05. The minimum Gasteiger partial charge on any atom is -0.368 e. The van der Waals surface area contributed by atoms with Gasteiger partial charge in [-0.15, -0.1) is 0 Å². The van der Waals surface area contributed by atoms with E-state index in [-0.39, 0.29) is 18.2 Å². The van der Waals surface area contributed by atoms with Gasteiger partial charge in [-0.1, -0.05) is 11.6 Å². The molecular weight excluding hydrogens is 202 g/mol. The molecule has 2 rings (SSSR count). The number of guanidine groups is 1. The van der Waals surface area contributed by atoms with Crippen molar-refractivity contribution in [3.63, 3.8) is 0 Å². The zero-order chi connectivity index (χ0) is 10.3. The Morgan fingerprint density at radius 1 is 1.57 bits per heavy atom. The Hall–Kier alpha value is -1.10. The summed E-state index contributed by atoms with van der Waals surface area (Å²) < 4.78 is 0. The van der Waals surface area contributed by atoms with E-state index in [4.69, 9.17) is 17.3 Å². The fourth-order valence-electron chi connectivity index (χ4n) is 1.56. The highest BCUT2D eigenvalue weighted by Gasteiger charge is 2.37. The Morgan fingerprint density at radius 3 is 2.93 bits per heavy atom. The Balaban J connectivity index is 2.28. The van der Waals surface area contributed by atoms with Crippen LogP contribution in [-0.2, 0) is 0 Å². The number of hydrogen-bond acceptors (Lipinski definition) is 5. The molecule has 2 aliphatic heterocycles. The van der Waals surface area contributed by atoms with E-state index in [9.17, 15) is 0 Å². The van der Waals surface area contributed by atoms with E-state index in [0.29, 0.717) is 11.2 Å². The first kappa shape index (κ1) is 9.45. The van der Waals surface area contributed by atoms with E-state index >= 15 is 0 Å². The van der Waals surface area contributed by atoms with Crippen LogP contribution in [-0.4, -0.2) is 40.6 Å². The zero-order valence-corrected chi connectivity index (χ0v) is 8.81. The molecular formula is C8H12ClN5. The highest BCUT2D eigenvalue weighted by atomic mass is 35.5. The fourth-order valence-corrected chi connectivity index (χ4v) is 1.81. The van der Waals surface area contributed by atoms with Crippen molar-refractivity contribution in [2.24, 2.45) is 20.7 Å². The van der Waals surface area contributed by atoms with Crippen molar-refractivity contribution in [3.8, 4) is 0 Å². The van der Waals surface area contributed by atoms with Crippen molar-refractivity contribution < 1.29 is 0 Å². The van der Waals surface area contributed by atoms with Gasteiger partial charge < -0.3 is 10.6 Å². The van der Waals surface area contributed by atoms with E-state index in [1.165, 1.54) is 0 Å². The van der Waals surface area contributed by atoms with Crippen molar-refractivity contribution in [2.45, 2.75) is 32.1 Å². The molecule has 2 N–H and O–H groups in total. The topological polar surface area (TPSA) is 66.3 Å². The second kappa shape index (κ2) is 3.24. The van der Waals surface area contributed by atoms with Gasteiger partial charge in [-0.2, -0.15) is 0 Å². The van der Waals surface area contributed by atoms with Crippen LogP contribution in [0.4, 0.5) is 0 Å². The summed E-state index contributed by atoms with van der Waals surface area (Å²) in [4.78, 5) is 14.4. The third kappa shape index (κ3) is 1.37. The van der Waals surface area contributed by atoms with Gasteiger partial charge in [0.15, 0.2) is 6.17 Å². The molecule has 76 valence electrons. The quantitative estimate of drug-likeness (QED) is 0.685. The molecule has 2 heterocycles. The first-order chi connectivity index (χ1) is 6.59. The first-order valence-electron chi connectivity index (χ1n) is 4.47. The van der Waals surface area contributed by atoms with E-state index in [2.05, 4.69) is 28.8 Å². The molecule has 2 unspecified atom stereocenters. The molecule has 0 saturated carbocycles. The molecule has 0 amide bonds. The SMILES string of the molecule is CC(C)N1C=NC2C(Cl)=NC(N)=NC21. The van der Waals surface area contributed by atoms with Gasteiger partial charge in [0.25, 0.3) is 0 Å². The van der Waals surface area contributed by atoms with E-state index < -0.39 is 0 Å². The molecule has 0 fully saturated rings. The van der Waals surface area contributed by atoms with Gasteiger partial charge in [-0.05, 0) is 13.8 Å². The lowest BCUT2D eigenvalue weighted by Crippen LogP contribution is -2.44. The van der Waals surface area contributed by atoms with Gasteiger partial charge in [0.1, 0.15) is 11.2 Å². The summed E-state index contributed by atoms with van der Waals surface area (Å²) in [5, 5.41) is 0.418. The molecule has 0 aromatic rings. The van der Waals surface area contributed by atoms with Crippen molar-refractivity contribution in [3.05, 3.63) is 0 Å². The molecule has 5 nitrogen and oxygen atoms in total. The van der Waals surface area contributed by atoms with Gasteiger partial charge >= 0.3 is 0 Å². The van der Waals surface area contributed by atoms with Crippen LogP contribution in [0.15, 0.2) is 15.0 Å². The molecule has 14 heavy (non-hydrogen) atoms. The highest BCUT2D eigenvalue weighted by Crippen LogP contribution is 2.23. The van der Waals surface area contributed by atoms with Crippen molar-refractivity contribution in [1.29, 1.82) is 0 Å². The van der Waals surface area contributed by atoms with Crippen LogP contribution in [0.5, 0.6) is 0 Å². The third-order valence-electron chi connectivity index (χ3n) is 2.27. The molecule has 0 saturated heterocycles. The lowest BCUT2D eigenvalue weighted by Gasteiger charge is -2.29. The minimum absolute atomic E-state index is 0.111. The number of halogens is 1. The highest BCUT2D eigenvalue weighted by molar-refractivity contribution is 6.67. The van der Waals surface area contributed by atoms with Crippen molar-refractivity contribution in [2.75, 3.05) is 0 Å². The summed E-state index contributed by atoms with van der Waals surface area (Å²) in [7, 11) is 0. The number of nitrogens with zero attached hydrogens (tertiary/aromatic N) is 4. The molecule has 0 radical (unpaired) electrons. The van der Waals surface area contributed by atoms with Crippen LogP contribution < -0.4 is 5.73 Å². The van der Waals surface area contributed by atoms with Crippen LogP contribution in [0.2, 0.25) is 0 Å². The normalized spacial score (nSPS) is 30.4. The summed E-state index contributed by atoms with van der Waals surface area (Å²) in [6.07, 6.45) is 1.65. The molecule has 2 atom stereocenters. The van der Waals surface area contributed by atoms with Gasteiger partial charge in [0.2, 0.25) is 5.96 Å². The van der Waals surface area contributed by atoms with E-state index in [1.807, 2.05) is 4.90 Å². The van der Waals surface area contributed by atoms with Gasteiger partial charge in [-0.25, -0.2) is 9.98 Å². The predicted octanol–water partition coefficient (Wildman–Crippen LogP) is 0.399. The summed E-state index contributed by atoms with van der Waals surface area (Å²) in [5.74, 6) is 0.229. The molecule has 0 aromatic carbocycles. The predicted molar refractivity (Wildman–Crippen MR) is 58.0 cm³/mol. The standard InChI is InChI=1S/C8H12ClN5/c1-4(2)14-3-11-5-6(9)12-8(10)13-7(5)14/h3-5,7H,1-2H3,(H2,10,13). The first-order valence-corrected chi connectivity index (χ1v) is 4.85. The second-order valence-electron chi connectivity index (χ2n) is 3.59. The number of aliphatic imine (C=N–C) groups is 3. The Morgan fingerprint density at radius 2 is 2.29 bits per heavy atom. The fraction of sp³-hybridized carbons (Fsp3) is 0.625. The van der Waals surface area contributed by atoms with Crippen molar-refractivity contribution in [1.82, 2.24) is 4.90 Å². The van der Waals surface area contributed by atoms with Crippen LogP contribution in [0.1, 0.15) is 13.8 Å². The van der Waals surface area contributed by atoms with Crippen molar-refractivity contribution >= 4 is 29.1 Å². The second-order valence-corrected chi connectivity index (χ2v) is 3.97. The maximum atomic E-state index is 5.93. The van der Waals surface area contributed by atoms with Crippen LogP contribution in [0, 0.1) is 0 Å². The summed E-state index contributed by atoms with van der Waals surface area (Å²) in [5.41, 5.74) is 5.54. The average Bonchev–Trinajstić information content (AvgIpc) is 2.47. The summed E-state index contributed by atoms with van der Waals surface area (Å²) in [6, 6.07) is 0.152. The van der Waals surface area contributed by atoms with Gasteiger partial charge in [0, 0.05) is 6.04 Å². The molecule has 2 aliphatic rings. The molecule has 0 spiro atoms. The Kier molecular flexibility index (Phi) is 2.19. The van der Waals surface area contributed by atoms with E-state index in [0.717, 1.165) is 0 Å². The Labute approximate surface area is 87.4 Å². The maximum absolute atomic E-state index is 5.93. The number of hydrogen-bond donors (Lipinski definition) is 1. The maximum Gasteiger partial charge on any atom is 0.218 e. The number of fused-ring (bicyclic) bond motifs is 1. The summed E-state index contributed by atoms with van der Waals surface area (Å²) >= 11 is 5.93. The number of nitrogens with two attached hydrogens (primary N) is 1. The smallest absolute Gasteiger partial charge is 0.218 e. The molecule has 0 aromatic heterocycles. The third-order valence-corrected chi connectivity index (χ3v) is 2.58. The van der Waals surface area contributed by atoms with E-state index in [1.54, 1.807) is 6.34 Å². The minimum atomic E-state index is -0.175. The molecule has 6 heteroatoms. The van der Waals surface area contributed by atoms with Crippen LogP contribution >= 0.6 is 11.6 Å². The molecule has 0 aliphatic carbocycles. The summed E-state index contributed by atoms with van der Waals surface area (Å²) in [6.45, 7) is 4.14. The van der Waals surface area contributed by atoms with Gasteiger partial charge in [-0.3, -0.25) is 4.99 Å². The van der Waals surface area contributed by atoms with Crippen LogP contribution in [0.25, 0.3) is 0 Å². The number of rotatable bonds is 1. The lowest BCUT2D eigenvalue weighted by molar-refractivity contribution is 0.289. The average molecular weight is 214 g/mol. The van der Waals surface area contributed by atoms with Gasteiger partial charge in [0.05, 0.1) is 6.34 Å². The Bertz CT molecular complexity index is 333. The molecule has 0 bridgehead atoms. The lowest BCUT2D eigenvalue weighted by atomic mass is 10.2. The van der Waals surface area contributed by atoms with Crippen LogP contribution in [0.3, 0.4) is 0 Å². The largest absolute Gasteiger partial charge is 0.368 e. The monoisotopic (exact) mass is 213 g/mol.